The molecule has 0 aliphatic carbocycles. The normalized spacial score (nSPS) is 11.9. The molecule has 20 heavy (non-hydrogen) atoms. The van der Waals surface area contributed by atoms with E-state index in [2.05, 4.69) is 13.2 Å². The topological polar surface area (TPSA) is 27.7 Å². The van der Waals surface area contributed by atoms with Gasteiger partial charge in [0, 0.05) is 0 Å². The predicted molar refractivity (Wildman–Crippen MR) is 82.0 cm³/mol. The molecule has 3 nitrogen and oxygen atoms in total. The smallest absolute Gasteiger partial charge is 0.118 e. The van der Waals surface area contributed by atoms with Crippen LogP contribution in [0.25, 0.3) is 0 Å². The van der Waals surface area contributed by atoms with Crippen LogP contribution in [0.4, 0.5) is 0 Å². The van der Waals surface area contributed by atoms with Gasteiger partial charge in [-0.3, -0.25) is 0 Å². The lowest BCUT2D eigenvalue weighted by atomic mass is 10.1. The molecule has 0 saturated carbocycles. The van der Waals surface area contributed by atoms with Gasteiger partial charge in [0.25, 0.3) is 0 Å². The van der Waals surface area contributed by atoms with Crippen LogP contribution in [0.15, 0.2) is 49.1 Å². The van der Waals surface area contributed by atoms with Crippen molar-refractivity contribution in [3.05, 3.63) is 54.6 Å². The fourth-order valence-corrected chi connectivity index (χ4v) is 1.79. The SMILES string of the molecule is C=CCOC(COCc1ccc(OC)cc1)CC(=C)C. The third-order valence-electron chi connectivity index (χ3n) is 2.76. The van der Waals surface area contributed by atoms with Crippen molar-refractivity contribution in [1.29, 1.82) is 0 Å². The van der Waals surface area contributed by atoms with E-state index < -0.39 is 0 Å². The molecule has 0 saturated heterocycles. The van der Waals surface area contributed by atoms with E-state index >= 15 is 0 Å². The molecule has 1 rings (SSSR count). The Kier molecular flexibility index (Phi) is 7.70. The highest BCUT2D eigenvalue weighted by Gasteiger charge is 2.09. The summed E-state index contributed by atoms with van der Waals surface area (Å²) in [5.41, 5.74) is 2.20. The molecular formula is C17H24O3. The van der Waals surface area contributed by atoms with Gasteiger partial charge in [0.05, 0.1) is 33.0 Å². The van der Waals surface area contributed by atoms with E-state index in [0.717, 1.165) is 23.3 Å². The van der Waals surface area contributed by atoms with Crippen molar-refractivity contribution in [3.8, 4) is 5.75 Å². The Hall–Kier alpha value is -1.58. The lowest BCUT2D eigenvalue weighted by Crippen LogP contribution is -2.20. The highest BCUT2D eigenvalue weighted by molar-refractivity contribution is 5.26. The third kappa shape index (κ3) is 6.55. The molecule has 110 valence electrons. The zero-order valence-corrected chi connectivity index (χ0v) is 12.4. The Labute approximate surface area is 121 Å². The maximum absolute atomic E-state index is 5.71. The molecule has 1 atom stereocenters. The van der Waals surface area contributed by atoms with Gasteiger partial charge >= 0.3 is 0 Å². The van der Waals surface area contributed by atoms with E-state index in [9.17, 15) is 0 Å². The molecule has 0 N–H and O–H groups in total. The predicted octanol–water partition coefficient (Wildman–Crippen LogP) is 3.75. The first kappa shape index (κ1) is 16.5. The van der Waals surface area contributed by atoms with Gasteiger partial charge in [-0.2, -0.15) is 0 Å². The summed E-state index contributed by atoms with van der Waals surface area (Å²) in [4.78, 5) is 0. The van der Waals surface area contributed by atoms with Crippen LogP contribution >= 0.6 is 0 Å². The van der Waals surface area contributed by atoms with Gasteiger partial charge in [-0.15, -0.1) is 13.2 Å². The van der Waals surface area contributed by atoms with Crippen LogP contribution in [-0.2, 0) is 16.1 Å². The first-order chi connectivity index (χ1) is 9.65. The van der Waals surface area contributed by atoms with Crippen LogP contribution < -0.4 is 4.74 Å². The van der Waals surface area contributed by atoms with Crippen molar-refractivity contribution in [3.63, 3.8) is 0 Å². The molecule has 0 bridgehead atoms. The second-order valence-electron chi connectivity index (χ2n) is 4.77. The average Bonchev–Trinajstić information content (AvgIpc) is 2.44. The molecule has 0 heterocycles. The summed E-state index contributed by atoms with van der Waals surface area (Å²) in [5.74, 6) is 0.850. The van der Waals surface area contributed by atoms with E-state index in [4.69, 9.17) is 14.2 Å². The number of rotatable bonds is 10. The van der Waals surface area contributed by atoms with E-state index in [1.165, 1.54) is 0 Å². The number of hydrogen-bond acceptors (Lipinski definition) is 3. The van der Waals surface area contributed by atoms with Gasteiger partial charge in [-0.25, -0.2) is 0 Å². The number of hydrogen-bond donors (Lipinski definition) is 0. The Morgan fingerprint density at radius 1 is 1.30 bits per heavy atom. The molecule has 1 aromatic carbocycles. The fourth-order valence-electron chi connectivity index (χ4n) is 1.79. The van der Waals surface area contributed by atoms with Gasteiger partial charge in [0.15, 0.2) is 0 Å². The van der Waals surface area contributed by atoms with Crippen LogP contribution in [0.3, 0.4) is 0 Å². The molecule has 0 aliphatic rings. The molecule has 0 aliphatic heterocycles. The van der Waals surface area contributed by atoms with Gasteiger partial charge in [-0.05, 0) is 31.0 Å². The Balaban J connectivity index is 2.37. The Morgan fingerprint density at radius 2 is 2.00 bits per heavy atom. The second kappa shape index (κ2) is 9.34. The van der Waals surface area contributed by atoms with E-state index in [-0.39, 0.29) is 6.10 Å². The summed E-state index contributed by atoms with van der Waals surface area (Å²) in [7, 11) is 1.66. The quantitative estimate of drug-likeness (QED) is 0.609. The lowest BCUT2D eigenvalue weighted by molar-refractivity contribution is -0.0106. The lowest BCUT2D eigenvalue weighted by Gasteiger charge is -2.17. The molecule has 0 fully saturated rings. The highest BCUT2D eigenvalue weighted by atomic mass is 16.5. The van der Waals surface area contributed by atoms with E-state index in [1.54, 1.807) is 13.2 Å². The largest absolute Gasteiger partial charge is 0.497 e. The summed E-state index contributed by atoms with van der Waals surface area (Å²) in [5, 5.41) is 0. The van der Waals surface area contributed by atoms with E-state index in [0.29, 0.717) is 19.8 Å². The van der Waals surface area contributed by atoms with Crippen molar-refractivity contribution in [2.24, 2.45) is 0 Å². The Bertz CT molecular complexity index is 409. The van der Waals surface area contributed by atoms with Crippen molar-refractivity contribution in [2.75, 3.05) is 20.3 Å². The molecule has 3 heteroatoms. The van der Waals surface area contributed by atoms with Crippen LogP contribution in [0, 0.1) is 0 Å². The van der Waals surface area contributed by atoms with E-state index in [1.807, 2.05) is 31.2 Å². The minimum atomic E-state index is 0.0312. The molecular weight excluding hydrogens is 252 g/mol. The fraction of sp³-hybridized carbons (Fsp3) is 0.412. The number of ether oxygens (including phenoxy) is 3. The van der Waals surface area contributed by atoms with Crippen molar-refractivity contribution >= 4 is 0 Å². The van der Waals surface area contributed by atoms with Gasteiger partial charge < -0.3 is 14.2 Å². The summed E-state index contributed by atoms with van der Waals surface area (Å²) in [6, 6.07) is 7.85. The first-order valence-corrected chi connectivity index (χ1v) is 6.73. The summed E-state index contributed by atoms with van der Waals surface area (Å²) in [6.45, 7) is 11.2. The second-order valence-corrected chi connectivity index (χ2v) is 4.77. The summed E-state index contributed by atoms with van der Waals surface area (Å²) in [6.07, 6.45) is 2.58. The molecule has 1 unspecified atom stereocenters. The van der Waals surface area contributed by atoms with Gasteiger partial charge in [-0.1, -0.05) is 23.8 Å². The van der Waals surface area contributed by atoms with Crippen molar-refractivity contribution < 1.29 is 14.2 Å². The van der Waals surface area contributed by atoms with Crippen molar-refractivity contribution in [2.45, 2.75) is 26.1 Å². The highest BCUT2D eigenvalue weighted by Crippen LogP contribution is 2.13. The monoisotopic (exact) mass is 276 g/mol. The molecule has 0 aromatic heterocycles. The molecule has 1 aromatic rings. The zero-order valence-electron chi connectivity index (χ0n) is 12.4. The van der Waals surface area contributed by atoms with Crippen LogP contribution in [0.2, 0.25) is 0 Å². The number of methoxy groups -OCH3 is 1. The molecule has 0 radical (unpaired) electrons. The summed E-state index contributed by atoms with van der Waals surface area (Å²) >= 11 is 0. The minimum absolute atomic E-state index is 0.0312. The molecule has 0 spiro atoms. The third-order valence-corrected chi connectivity index (χ3v) is 2.76. The minimum Gasteiger partial charge on any atom is -0.497 e. The maximum atomic E-state index is 5.71. The van der Waals surface area contributed by atoms with Gasteiger partial charge in [0.2, 0.25) is 0 Å². The van der Waals surface area contributed by atoms with Crippen LogP contribution in [-0.4, -0.2) is 26.4 Å². The first-order valence-electron chi connectivity index (χ1n) is 6.73. The van der Waals surface area contributed by atoms with Crippen molar-refractivity contribution in [1.82, 2.24) is 0 Å². The maximum Gasteiger partial charge on any atom is 0.118 e. The number of benzene rings is 1. The van der Waals surface area contributed by atoms with Crippen LogP contribution in [0.5, 0.6) is 5.75 Å². The van der Waals surface area contributed by atoms with Crippen LogP contribution in [0.1, 0.15) is 18.9 Å². The average molecular weight is 276 g/mol. The zero-order chi connectivity index (χ0) is 14.8. The molecule has 0 amide bonds. The van der Waals surface area contributed by atoms with Gasteiger partial charge in [0.1, 0.15) is 5.75 Å². The Morgan fingerprint density at radius 3 is 2.55 bits per heavy atom. The summed E-state index contributed by atoms with van der Waals surface area (Å²) < 4.78 is 16.5. The standard InChI is InChI=1S/C17H24O3/c1-5-10-20-17(11-14(2)3)13-19-12-15-6-8-16(18-4)9-7-15/h5-9,17H,1-2,10-13H2,3-4H3.